The smallest absolute Gasteiger partial charge is 0.508 e. The van der Waals surface area contributed by atoms with Gasteiger partial charge in [-0.2, -0.15) is 10.5 Å². The molecule has 0 bridgehead atoms. The topological polar surface area (TPSA) is 137 Å². The number of aromatic amines is 1. The van der Waals surface area contributed by atoms with Crippen molar-refractivity contribution in [3.8, 4) is 28.6 Å². The van der Waals surface area contributed by atoms with Gasteiger partial charge in [0.25, 0.3) is 5.91 Å². The number of fused-ring (bicyclic) bond motifs is 3. The fourth-order valence-electron chi connectivity index (χ4n) is 5.32. The largest absolute Gasteiger partial charge is 1.00 e. The zero-order valence-corrected chi connectivity index (χ0v) is 26.2. The normalized spacial score (nSPS) is 15.7. The number of aromatic nitrogens is 6. The minimum atomic E-state index is -0.662. The number of nitrogens with one attached hydrogen (secondary N) is 1. The van der Waals surface area contributed by atoms with Crippen molar-refractivity contribution in [2.45, 2.75) is 38.8 Å². The molecule has 2 N–H and O–H groups in total. The Labute approximate surface area is 269 Å². The number of rotatable bonds is 6. The van der Waals surface area contributed by atoms with E-state index < -0.39 is 11.9 Å². The summed E-state index contributed by atoms with van der Waals surface area (Å²) in [6, 6.07) is 17.4. The molecule has 0 fully saturated rings. The average Bonchev–Trinajstić information content (AvgIpc) is 3.63. The summed E-state index contributed by atoms with van der Waals surface area (Å²) < 4.78 is 2.11. The second-order valence-corrected chi connectivity index (χ2v) is 9.20. The van der Waals surface area contributed by atoms with E-state index in [1.807, 2.05) is 30.3 Å². The second-order valence-electron chi connectivity index (χ2n) is 9.20. The van der Waals surface area contributed by atoms with Crippen LogP contribution < -0.4 is 59.1 Å². The summed E-state index contributed by atoms with van der Waals surface area (Å²) in [6.07, 6.45) is 2.29. The third-order valence-corrected chi connectivity index (χ3v) is 7.02. The average molecular weight is 539 g/mol. The Morgan fingerprint density at radius 1 is 1.13 bits per heavy atom. The summed E-state index contributed by atoms with van der Waals surface area (Å²) in [4.78, 5) is 19.2. The van der Waals surface area contributed by atoms with E-state index in [4.69, 9.17) is 4.98 Å². The molecule has 184 valence electrons. The third-order valence-electron chi connectivity index (χ3n) is 7.02. The molecule has 1 amide bonds. The number of aliphatic hydroxyl groups is 1. The van der Waals surface area contributed by atoms with E-state index in [2.05, 4.69) is 56.4 Å². The van der Waals surface area contributed by atoms with Gasteiger partial charge in [0, 0.05) is 31.5 Å². The van der Waals surface area contributed by atoms with Gasteiger partial charge in [0.15, 0.2) is 5.57 Å². The van der Waals surface area contributed by atoms with Crippen LogP contribution in [0.4, 0.5) is 0 Å². The van der Waals surface area contributed by atoms with Gasteiger partial charge in [0.05, 0.1) is 11.4 Å². The van der Waals surface area contributed by atoms with Crippen LogP contribution in [0.2, 0.25) is 0 Å². The Morgan fingerprint density at radius 2 is 1.87 bits per heavy atom. The summed E-state index contributed by atoms with van der Waals surface area (Å²) in [5.74, 6) is 0.872. The third kappa shape index (κ3) is 5.11. The van der Waals surface area contributed by atoms with Gasteiger partial charge in [0.2, 0.25) is 5.82 Å². The molecular weight excluding hydrogens is 514 g/mol. The second kappa shape index (κ2) is 12.2. The SMILES string of the molecule is CCCc1nc2c(n1Cc1ccc(-c3ccccc3-c3nn[nH]n3)cc1)C1C(O)=C(C#N)C(=O)N1CC2.[Na+].[Na+]. The zero-order valence-electron chi connectivity index (χ0n) is 22.2. The van der Waals surface area contributed by atoms with E-state index in [9.17, 15) is 15.2 Å². The molecule has 0 saturated heterocycles. The van der Waals surface area contributed by atoms with Gasteiger partial charge >= 0.3 is 59.1 Å². The van der Waals surface area contributed by atoms with Crippen molar-refractivity contribution in [1.29, 1.82) is 5.26 Å². The maximum absolute atomic E-state index is 12.7. The maximum Gasteiger partial charge on any atom is 1.00 e. The van der Waals surface area contributed by atoms with Crippen LogP contribution in [0, 0.1) is 11.3 Å². The number of hydrogen-bond acceptors (Lipinski definition) is 7. The number of imidazole rings is 1. The minimum absolute atomic E-state index is 0. The quantitative estimate of drug-likeness (QED) is 0.259. The molecule has 12 heteroatoms. The molecule has 0 spiro atoms. The van der Waals surface area contributed by atoms with Crippen molar-refractivity contribution in [3.05, 3.63) is 82.6 Å². The van der Waals surface area contributed by atoms with E-state index in [0.29, 0.717) is 25.3 Å². The number of carbonyl (C=O) groups excluding carboxylic acids is 1. The number of aliphatic hydroxyl groups excluding tert-OH is 1. The Balaban J connectivity index is 0.00000176. The molecular formula is C27H24N8Na2O2+2. The fraction of sp³-hybridized carbons (Fsp3) is 0.259. The van der Waals surface area contributed by atoms with Crippen molar-refractivity contribution >= 4 is 5.91 Å². The molecule has 10 nitrogen and oxygen atoms in total. The van der Waals surface area contributed by atoms with Crippen LogP contribution in [0.25, 0.3) is 22.5 Å². The van der Waals surface area contributed by atoms with Gasteiger partial charge in [-0.1, -0.05) is 55.5 Å². The number of carbonyl (C=O) groups is 1. The maximum atomic E-state index is 12.7. The number of H-pyrrole nitrogens is 1. The van der Waals surface area contributed by atoms with Crippen molar-refractivity contribution in [1.82, 2.24) is 35.1 Å². The first-order valence-electron chi connectivity index (χ1n) is 12.2. The molecule has 1 atom stereocenters. The number of nitrogens with zero attached hydrogens (tertiary/aromatic N) is 7. The van der Waals surface area contributed by atoms with Crippen LogP contribution in [-0.4, -0.2) is 52.6 Å². The predicted molar refractivity (Wildman–Crippen MR) is 134 cm³/mol. The first-order valence-corrected chi connectivity index (χ1v) is 12.2. The number of benzene rings is 2. The molecule has 6 rings (SSSR count). The molecule has 2 aromatic heterocycles. The number of hydrogen-bond donors (Lipinski definition) is 2. The summed E-state index contributed by atoms with van der Waals surface area (Å²) in [5, 5.41) is 34.7. The molecule has 4 heterocycles. The summed E-state index contributed by atoms with van der Waals surface area (Å²) in [5.41, 5.74) is 5.49. The molecule has 4 aromatic rings. The van der Waals surface area contributed by atoms with Crippen LogP contribution in [0.3, 0.4) is 0 Å². The van der Waals surface area contributed by atoms with Crippen molar-refractivity contribution in [3.63, 3.8) is 0 Å². The first-order chi connectivity index (χ1) is 18.1. The zero-order chi connectivity index (χ0) is 25.5. The number of nitriles is 1. The van der Waals surface area contributed by atoms with Gasteiger partial charge < -0.3 is 14.6 Å². The molecule has 0 saturated carbocycles. The van der Waals surface area contributed by atoms with E-state index in [0.717, 1.165) is 52.3 Å². The number of tetrazole rings is 1. The van der Waals surface area contributed by atoms with Gasteiger partial charge in [-0.3, -0.25) is 4.79 Å². The van der Waals surface area contributed by atoms with Gasteiger partial charge in [-0.25, -0.2) is 4.98 Å². The monoisotopic (exact) mass is 538 g/mol. The van der Waals surface area contributed by atoms with Crippen LogP contribution in [-0.2, 0) is 24.2 Å². The fourth-order valence-corrected chi connectivity index (χ4v) is 5.32. The van der Waals surface area contributed by atoms with E-state index in [1.54, 1.807) is 4.90 Å². The summed E-state index contributed by atoms with van der Waals surface area (Å²) in [6.45, 7) is 3.07. The van der Waals surface area contributed by atoms with E-state index >= 15 is 0 Å². The molecule has 0 radical (unpaired) electrons. The van der Waals surface area contributed by atoms with Crippen LogP contribution in [0.1, 0.15) is 42.2 Å². The van der Waals surface area contributed by atoms with Crippen LogP contribution in [0.5, 0.6) is 0 Å². The van der Waals surface area contributed by atoms with Crippen molar-refractivity contribution in [2.24, 2.45) is 0 Å². The van der Waals surface area contributed by atoms with Gasteiger partial charge in [-0.05, 0) is 28.3 Å². The standard InChI is InChI=1S/C27H24N8O2.2Na/c1-2-5-22-29-21-12-13-34-24(25(36)20(14-28)27(34)37)23(21)35(22)15-16-8-10-17(11-9-16)18-6-3-4-7-19(18)26-30-32-33-31-26;;/h3-4,6-11,24,36H,2,5,12-13,15H2,1H3,(H,30,31,32,33);;/q;2*+1. The first kappa shape index (κ1) is 29.2. The van der Waals surface area contributed by atoms with Crippen molar-refractivity contribution in [2.75, 3.05) is 6.54 Å². The molecule has 2 aliphatic rings. The Bertz CT molecular complexity index is 1570. The van der Waals surface area contributed by atoms with Gasteiger partial charge in [0.1, 0.15) is 23.7 Å². The van der Waals surface area contributed by atoms with E-state index in [-0.39, 0.29) is 70.4 Å². The van der Waals surface area contributed by atoms with Crippen LogP contribution >= 0.6 is 0 Å². The van der Waals surface area contributed by atoms with Crippen LogP contribution in [0.15, 0.2) is 59.9 Å². The predicted octanol–water partition coefficient (Wildman–Crippen LogP) is -2.49. The molecule has 0 aliphatic carbocycles. The summed E-state index contributed by atoms with van der Waals surface area (Å²) >= 11 is 0. The Kier molecular flexibility index (Phi) is 9.11. The molecule has 2 aromatic carbocycles. The molecule has 39 heavy (non-hydrogen) atoms. The number of aryl methyl sites for hydroxylation is 1. The minimum Gasteiger partial charge on any atom is -0.508 e. The Hall–Kier alpha value is -2.78. The molecule has 2 aliphatic heterocycles. The van der Waals surface area contributed by atoms with E-state index in [1.165, 1.54) is 0 Å². The summed E-state index contributed by atoms with van der Waals surface area (Å²) in [7, 11) is 0. The Morgan fingerprint density at radius 3 is 2.54 bits per heavy atom. The number of amides is 1. The van der Waals surface area contributed by atoms with Gasteiger partial charge in [-0.15, -0.1) is 10.2 Å². The molecule has 1 unspecified atom stereocenters. The van der Waals surface area contributed by atoms with Crippen molar-refractivity contribution < 1.29 is 69.0 Å².